The van der Waals surface area contributed by atoms with Crippen molar-refractivity contribution in [2.45, 2.75) is 32.5 Å². The Labute approximate surface area is 111 Å². The molecule has 0 aromatic carbocycles. The van der Waals surface area contributed by atoms with Crippen LogP contribution in [0.15, 0.2) is 12.4 Å². The number of aryl methyl sites for hydroxylation is 1. The molecule has 3 atom stereocenters. The summed E-state index contributed by atoms with van der Waals surface area (Å²) >= 11 is 0. The minimum Gasteiger partial charge on any atom is -0.394 e. The number of aliphatic hydroxyl groups excluding tert-OH is 1. The van der Waals surface area contributed by atoms with Gasteiger partial charge in [-0.05, 0) is 30.9 Å². The molecule has 0 spiro atoms. The van der Waals surface area contributed by atoms with E-state index in [4.69, 9.17) is 10.5 Å². The van der Waals surface area contributed by atoms with E-state index in [-0.39, 0.29) is 18.8 Å². The predicted octanol–water partition coefficient (Wildman–Crippen LogP) is 1.08. The third-order valence-corrected chi connectivity index (χ3v) is 3.79. The average molecular weight is 262 g/mol. The van der Waals surface area contributed by atoms with Gasteiger partial charge in [0.1, 0.15) is 17.9 Å². The Hall–Kier alpha value is -1.66. The topological polar surface area (TPSA) is 85.7 Å². The molecule has 1 aliphatic heterocycles. The van der Waals surface area contributed by atoms with Crippen LogP contribution in [-0.2, 0) is 4.74 Å². The Morgan fingerprint density at radius 1 is 1.58 bits per heavy atom. The van der Waals surface area contributed by atoms with Gasteiger partial charge in [0.2, 0.25) is 0 Å². The quantitative estimate of drug-likeness (QED) is 0.845. The molecule has 0 bridgehead atoms. The smallest absolute Gasteiger partial charge is 0.151 e. The van der Waals surface area contributed by atoms with Crippen molar-refractivity contribution >= 4 is 11.3 Å². The average Bonchev–Trinajstić information content (AvgIpc) is 2.91. The lowest BCUT2D eigenvalue weighted by Crippen LogP contribution is -2.12. The van der Waals surface area contributed by atoms with Crippen molar-refractivity contribution < 1.29 is 9.84 Å². The molecule has 1 aliphatic rings. The zero-order valence-electron chi connectivity index (χ0n) is 11.1. The van der Waals surface area contributed by atoms with Crippen molar-refractivity contribution in [1.29, 1.82) is 0 Å². The van der Waals surface area contributed by atoms with E-state index in [1.165, 1.54) is 6.33 Å². The monoisotopic (exact) mass is 262 g/mol. The largest absolute Gasteiger partial charge is 0.394 e. The zero-order chi connectivity index (χ0) is 13.6. The SMILES string of the molecule is Cc1cc(C2OC(CO)CC2C)n2ncnc(N)c12. The Morgan fingerprint density at radius 2 is 2.37 bits per heavy atom. The van der Waals surface area contributed by atoms with Gasteiger partial charge in [0, 0.05) is 0 Å². The molecule has 102 valence electrons. The summed E-state index contributed by atoms with van der Waals surface area (Å²) in [7, 11) is 0. The number of nitrogen functional groups attached to an aromatic ring is 1. The second kappa shape index (κ2) is 4.47. The van der Waals surface area contributed by atoms with E-state index >= 15 is 0 Å². The number of hydrogen-bond acceptors (Lipinski definition) is 5. The van der Waals surface area contributed by atoms with Gasteiger partial charge in [-0.2, -0.15) is 5.10 Å². The van der Waals surface area contributed by atoms with Crippen LogP contribution in [0.1, 0.15) is 30.7 Å². The number of anilines is 1. The van der Waals surface area contributed by atoms with Crippen LogP contribution < -0.4 is 5.73 Å². The molecule has 3 heterocycles. The van der Waals surface area contributed by atoms with Crippen LogP contribution in [0, 0.1) is 12.8 Å². The zero-order valence-corrected chi connectivity index (χ0v) is 11.1. The highest BCUT2D eigenvalue weighted by Crippen LogP contribution is 2.39. The van der Waals surface area contributed by atoms with Gasteiger partial charge < -0.3 is 15.6 Å². The van der Waals surface area contributed by atoms with Crippen LogP contribution in [0.4, 0.5) is 5.82 Å². The molecule has 1 fully saturated rings. The Bertz CT molecular complexity index is 610. The van der Waals surface area contributed by atoms with Gasteiger partial charge in [0.15, 0.2) is 5.82 Å². The van der Waals surface area contributed by atoms with Crippen molar-refractivity contribution in [3.8, 4) is 0 Å². The lowest BCUT2D eigenvalue weighted by molar-refractivity contribution is 0.00256. The summed E-state index contributed by atoms with van der Waals surface area (Å²) < 4.78 is 7.70. The van der Waals surface area contributed by atoms with E-state index in [0.717, 1.165) is 23.2 Å². The maximum absolute atomic E-state index is 9.23. The van der Waals surface area contributed by atoms with Crippen molar-refractivity contribution in [3.63, 3.8) is 0 Å². The number of aliphatic hydroxyl groups is 1. The summed E-state index contributed by atoms with van der Waals surface area (Å²) in [5.41, 5.74) is 8.75. The van der Waals surface area contributed by atoms with Gasteiger partial charge in [0.25, 0.3) is 0 Å². The molecule has 0 saturated carbocycles. The van der Waals surface area contributed by atoms with Gasteiger partial charge in [-0.3, -0.25) is 0 Å². The maximum Gasteiger partial charge on any atom is 0.151 e. The van der Waals surface area contributed by atoms with Crippen molar-refractivity contribution in [1.82, 2.24) is 14.6 Å². The fourth-order valence-electron chi connectivity index (χ4n) is 2.90. The van der Waals surface area contributed by atoms with Crippen LogP contribution in [0.3, 0.4) is 0 Å². The van der Waals surface area contributed by atoms with Crippen molar-refractivity contribution in [3.05, 3.63) is 23.7 Å². The molecule has 0 aliphatic carbocycles. The van der Waals surface area contributed by atoms with E-state index in [9.17, 15) is 5.11 Å². The summed E-state index contributed by atoms with van der Waals surface area (Å²) in [5.74, 6) is 0.814. The van der Waals surface area contributed by atoms with Gasteiger partial charge >= 0.3 is 0 Å². The maximum atomic E-state index is 9.23. The number of rotatable bonds is 2. The van der Waals surface area contributed by atoms with E-state index in [0.29, 0.717) is 11.7 Å². The van der Waals surface area contributed by atoms with Gasteiger partial charge in [0.05, 0.1) is 18.4 Å². The number of hydrogen-bond donors (Lipinski definition) is 2. The van der Waals surface area contributed by atoms with Gasteiger partial charge in [-0.15, -0.1) is 0 Å². The summed E-state index contributed by atoms with van der Waals surface area (Å²) in [4.78, 5) is 4.02. The second-order valence-electron chi connectivity index (χ2n) is 5.23. The highest BCUT2D eigenvalue weighted by atomic mass is 16.5. The van der Waals surface area contributed by atoms with Crippen LogP contribution in [0.25, 0.3) is 5.52 Å². The van der Waals surface area contributed by atoms with E-state index in [1.54, 1.807) is 4.52 Å². The molecule has 1 saturated heterocycles. The molecule has 2 aromatic rings. The molecule has 3 unspecified atom stereocenters. The Kier molecular flexibility index (Phi) is 2.91. The molecular weight excluding hydrogens is 244 g/mol. The predicted molar refractivity (Wildman–Crippen MR) is 70.6 cm³/mol. The first kappa shape index (κ1) is 12.4. The Balaban J connectivity index is 2.09. The lowest BCUT2D eigenvalue weighted by atomic mass is 9.99. The summed E-state index contributed by atoms with van der Waals surface area (Å²) in [6.45, 7) is 4.17. The van der Waals surface area contributed by atoms with Crippen LogP contribution in [-0.4, -0.2) is 32.4 Å². The molecule has 6 nitrogen and oxygen atoms in total. The summed E-state index contributed by atoms with van der Waals surface area (Å²) in [5, 5.41) is 13.5. The normalized spacial score (nSPS) is 27.2. The highest BCUT2D eigenvalue weighted by Gasteiger charge is 2.35. The van der Waals surface area contributed by atoms with Crippen LogP contribution in [0.5, 0.6) is 0 Å². The highest BCUT2D eigenvalue weighted by molar-refractivity contribution is 5.70. The fourth-order valence-corrected chi connectivity index (χ4v) is 2.90. The fraction of sp³-hybridized carbons (Fsp3) is 0.538. The number of fused-ring (bicyclic) bond motifs is 1. The van der Waals surface area contributed by atoms with Crippen LogP contribution in [0.2, 0.25) is 0 Å². The second-order valence-corrected chi connectivity index (χ2v) is 5.23. The molecule has 0 amide bonds. The summed E-state index contributed by atoms with van der Waals surface area (Å²) in [6, 6.07) is 2.04. The number of ether oxygens (including phenoxy) is 1. The molecule has 2 aromatic heterocycles. The van der Waals surface area contributed by atoms with Crippen LogP contribution >= 0.6 is 0 Å². The Morgan fingerprint density at radius 3 is 3.05 bits per heavy atom. The first-order valence-electron chi connectivity index (χ1n) is 6.46. The number of aromatic nitrogens is 3. The van der Waals surface area contributed by atoms with Gasteiger partial charge in [-0.25, -0.2) is 9.50 Å². The lowest BCUT2D eigenvalue weighted by Gasteiger charge is -2.15. The third-order valence-electron chi connectivity index (χ3n) is 3.79. The standard InChI is InChI=1S/C13H18N4O2/c1-7-4-10(12-8(2)3-9(5-18)19-12)17-11(7)13(14)15-6-16-17/h4,6,8-9,12,18H,3,5H2,1-2H3,(H2,14,15,16). The molecular formula is C13H18N4O2. The van der Waals surface area contributed by atoms with E-state index in [2.05, 4.69) is 17.0 Å². The minimum atomic E-state index is -0.0926. The van der Waals surface area contributed by atoms with E-state index in [1.807, 2.05) is 13.0 Å². The first-order valence-corrected chi connectivity index (χ1v) is 6.46. The minimum absolute atomic E-state index is 0.0558. The molecule has 6 heteroatoms. The third kappa shape index (κ3) is 1.87. The van der Waals surface area contributed by atoms with Crippen molar-refractivity contribution in [2.24, 2.45) is 5.92 Å². The first-order chi connectivity index (χ1) is 9.11. The van der Waals surface area contributed by atoms with E-state index < -0.39 is 0 Å². The molecule has 3 rings (SSSR count). The van der Waals surface area contributed by atoms with Gasteiger partial charge in [-0.1, -0.05) is 6.92 Å². The molecule has 3 N–H and O–H groups in total. The summed E-state index contributed by atoms with van der Waals surface area (Å²) in [6.07, 6.45) is 2.15. The number of nitrogens with zero attached hydrogens (tertiary/aromatic N) is 3. The molecule has 0 radical (unpaired) electrons. The van der Waals surface area contributed by atoms with Crippen molar-refractivity contribution in [2.75, 3.05) is 12.3 Å². The number of nitrogens with two attached hydrogens (primary N) is 1. The molecule has 19 heavy (non-hydrogen) atoms.